The van der Waals surface area contributed by atoms with E-state index in [1.165, 1.54) is 16.9 Å². The summed E-state index contributed by atoms with van der Waals surface area (Å²) in [6, 6.07) is 12.6. The molecule has 0 unspecified atom stereocenters. The van der Waals surface area contributed by atoms with E-state index < -0.39 is 0 Å². The van der Waals surface area contributed by atoms with E-state index in [1.54, 1.807) is 0 Å². The van der Waals surface area contributed by atoms with Crippen LogP contribution in [-0.2, 0) is 12.0 Å². The number of anilines is 1. The fraction of sp³-hybridized carbons (Fsp3) is 0.333. The number of aromatic amines is 1. The molecule has 0 amide bonds. The van der Waals surface area contributed by atoms with E-state index in [0.29, 0.717) is 0 Å². The number of rotatable bonds is 3. The number of nitrogens with one attached hydrogen (secondary N) is 2. The van der Waals surface area contributed by atoms with E-state index in [-0.39, 0.29) is 5.41 Å². The third-order valence-electron chi connectivity index (χ3n) is 2.87. The van der Waals surface area contributed by atoms with Crippen molar-refractivity contribution in [2.75, 3.05) is 5.32 Å². The number of para-hydroxylation sites is 1. The van der Waals surface area contributed by atoms with Crippen molar-refractivity contribution in [2.45, 2.75) is 32.7 Å². The quantitative estimate of drug-likeness (QED) is 0.818. The van der Waals surface area contributed by atoms with Crippen LogP contribution in [0.3, 0.4) is 0 Å². The molecule has 2 aromatic rings. The summed E-state index contributed by atoms with van der Waals surface area (Å²) in [6.45, 7) is 7.55. The topological polar surface area (TPSA) is 27.8 Å². The van der Waals surface area contributed by atoms with Gasteiger partial charge in [0, 0.05) is 17.6 Å². The average Bonchev–Trinajstić information content (AvgIpc) is 2.78. The molecule has 1 heterocycles. The summed E-state index contributed by atoms with van der Waals surface area (Å²) in [7, 11) is 0. The highest BCUT2D eigenvalue weighted by Gasteiger charge is 2.16. The Hall–Kier alpha value is -1.70. The van der Waals surface area contributed by atoms with E-state index in [0.717, 1.165) is 6.54 Å². The molecule has 17 heavy (non-hydrogen) atoms. The lowest BCUT2D eigenvalue weighted by atomic mass is 9.86. The number of H-pyrrole nitrogens is 1. The van der Waals surface area contributed by atoms with Crippen LogP contribution in [0.2, 0.25) is 0 Å². The van der Waals surface area contributed by atoms with Gasteiger partial charge in [-0.2, -0.15) is 0 Å². The third kappa shape index (κ3) is 2.90. The molecule has 0 aliphatic carbocycles. The molecule has 1 aromatic carbocycles. The lowest BCUT2D eigenvalue weighted by molar-refractivity contribution is 0.591. The maximum Gasteiger partial charge on any atom is 0.0551 e. The molecule has 0 bridgehead atoms. The molecule has 0 atom stereocenters. The van der Waals surface area contributed by atoms with Crippen LogP contribution in [0.25, 0.3) is 0 Å². The van der Waals surface area contributed by atoms with Crippen LogP contribution in [0.1, 0.15) is 32.0 Å². The Morgan fingerprint density at radius 2 is 1.82 bits per heavy atom. The highest BCUT2D eigenvalue weighted by atomic mass is 14.9. The minimum Gasteiger partial charge on any atom is -0.379 e. The monoisotopic (exact) mass is 228 g/mol. The van der Waals surface area contributed by atoms with Crippen molar-refractivity contribution < 1.29 is 0 Å². The smallest absolute Gasteiger partial charge is 0.0551 e. The molecule has 0 spiro atoms. The highest BCUT2D eigenvalue weighted by Crippen LogP contribution is 2.29. The second-order valence-corrected chi connectivity index (χ2v) is 5.34. The molecule has 0 saturated carbocycles. The Labute approximate surface area is 103 Å². The van der Waals surface area contributed by atoms with Crippen molar-refractivity contribution in [3.8, 4) is 0 Å². The van der Waals surface area contributed by atoms with Gasteiger partial charge in [0.05, 0.1) is 6.54 Å². The van der Waals surface area contributed by atoms with Crippen molar-refractivity contribution in [1.82, 2.24) is 4.98 Å². The normalized spacial score (nSPS) is 11.5. The van der Waals surface area contributed by atoms with E-state index in [1.807, 2.05) is 12.3 Å². The summed E-state index contributed by atoms with van der Waals surface area (Å²) >= 11 is 0. The van der Waals surface area contributed by atoms with Crippen LogP contribution >= 0.6 is 0 Å². The zero-order chi connectivity index (χ0) is 12.3. The van der Waals surface area contributed by atoms with E-state index >= 15 is 0 Å². The van der Waals surface area contributed by atoms with Gasteiger partial charge < -0.3 is 10.3 Å². The Balaban J connectivity index is 2.16. The van der Waals surface area contributed by atoms with E-state index in [2.05, 4.69) is 61.4 Å². The molecular weight excluding hydrogens is 208 g/mol. The first kappa shape index (κ1) is 11.8. The molecule has 0 aliphatic rings. The Bertz CT molecular complexity index is 464. The summed E-state index contributed by atoms with van der Waals surface area (Å²) < 4.78 is 0. The predicted octanol–water partition coefficient (Wildman–Crippen LogP) is 3.92. The van der Waals surface area contributed by atoms with Gasteiger partial charge >= 0.3 is 0 Å². The minimum atomic E-state index is 0.166. The van der Waals surface area contributed by atoms with Gasteiger partial charge in [-0.25, -0.2) is 0 Å². The summed E-state index contributed by atoms with van der Waals surface area (Å²) in [5.74, 6) is 0. The first-order chi connectivity index (χ1) is 8.07. The molecule has 90 valence electrons. The van der Waals surface area contributed by atoms with Crippen LogP contribution in [0, 0.1) is 0 Å². The highest BCUT2D eigenvalue weighted by molar-refractivity contribution is 5.54. The van der Waals surface area contributed by atoms with Crippen LogP contribution in [-0.4, -0.2) is 4.98 Å². The fourth-order valence-corrected chi connectivity index (χ4v) is 1.96. The van der Waals surface area contributed by atoms with Crippen molar-refractivity contribution >= 4 is 5.69 Å². The van der Waals surface area contributed by atoms with Gasteiger partial charge in [0.1, 0.15) is 0 Å². The number of benzene rings is 1. The predicted molar refractivity (Wildman–Crippen MR) is 73.3 cm³/mol. The van der Waals surface area contributed by atoms with Gasteiger partial charge in [-0.15, -0.1) is 0 Å². The average molecular weight is 228 g/mol. The second-order valence-electron chi connectivity index (χ2n) is 5.34. The summed E-state index contributed by atoms with van der Waals surface area (Å²) in [6.07, 6.45) is 1.95. The van der Waals surface area contributed by atoms with Gasteiger partial charge in [-0.3, -0.25) is 0 Å². The standard InChI is InChI=1S/C15H20N2/c1-15(2,3)13-8-4-5-9-14(13)17-11-12-7-6-10-16-12/h4-10,16-17H,11H2,1-3H3. The first-order valence-electron chi connectivity index (χ1n) is 6.03. The Kier molecular flexibility index (Phi) is 3.23. The second kappa shape index (κ2) is 4.66. The largest absolute Gasteiger partial charge is 0.379 e. The molecule has 0 radical (unpaired) electrons. The Morgan fingerprint density at radius 3 is 2.47 bits per heavy atom. The SMILES string of the molecule is CC(C)(C)c1ccccc1NCc1ccc[nH]1. The van der Waals surface area contributed by atoms with Crippen LogP contribution in [0.15, 0.2) is 42.6 Å². The first-order valence-corrected chi connectivity index (χ1v) is 6.03. The number of hydrogen-bond donors (Lipinski definition) is 2. The van der Waals surface area contributed by atoms with Crippen molar-refractivity contribution in [1.29, 1.82) is 0 Å². The third-order valence-corrected chi connectivity index (χ3v) is 2.87. The van der Waals surface area contributed by atoms with Crippen LogP contribution in [0.4, 0.5) is 5.69 Å². The fourth-order valence-electron chi connectivity index (χ4n) is 1.96. The van der Waals surface area contributed by atoms with Gasteiger partial charge in [0.15, 0.2) is 0 Å². The van der Waals surface area contributed by atoms with Crippen molar-refractivity contribution in [2.24, 2.45) is 0 Å². The van der Waals surface area contributed by atoms with Crippen LogP contribution < -0.4 is 5.32 Å². The molecule has 2 heteroatoms. The molecule has 0 saturated heterocycles. The maximum atomic E-state index is 3.49. The van der Waals surface area contributed by atoms with Gasteiger partial charge in [-0.05, 0) is 29.2 Å². The minimum absolute atomic E-state index is 0.166. The molecule has 1 aromatic heterocycles. The summed E-state index contributed by atoms with van der Waals surface area (Å²) in [5.41, 5.74) is 3.94. The molecule has 0 aliphatic heterocycles. The summed E-state index contributed by atoms with van der Waals surface area (Å²) in [5, 5.41) is 3.49. The van der Waals surface area contributed by atoms with Crippen LogP contribution in [0.5, 0.6) is 0 Å². The van der Waals surface area contributed by atoms with Gasteiger partial charge in [0.25, 0.3) is 0 Å². The van der Waals surface area contributed by atoms with Crippen molar-refractivity contribution in [3.63, 3.8) is 0 Å². The number of hydrogen-bond acceptors (Lipinski definition) is 1. The maximum absolute atomic E-state index is 3.49. The van der Waals surface area contributed by atoms with E-state index in [9.17, 15) is 0 Å². The lowest BCUT2D eigenvalue weighted by Crippen LogP contribution is -2.14. The molecular formula is C15H20N2. The molecule has 2 N–H and O–H groups in total. The summed E-state index contributed by atoms with van der Waals surface area (Å²) in [4.78, 5) is 3.20. The molecule has 0 fully saturated rings. The molecule has 2 rings (SSSR count). The molecule has 2 nitrogen and oxygen atoms in total. The lowest BCUT2D eigenvalue weighted by Gasteiger charge is -2.23. The Morgan fingerprint density at radius 1 is 1.06 bits per heavy atom. The van der Waals surface area contributed by atoms with Gasteiger partial charge in [-0.1, -0.05) is 39.0 Å². The van der Waals surface area contributed by atoms with Gasteiger partial charge in [0.2, 0.25) is 0 Å². The van der Waals surface area contributed by atoms with E-state index in [4.69, 9.17) is 0 Å². The number of aromatic nitrogens is 1. The zero-order valence-corrected chi connectivity index (χ0v) is 10.7. The van der Waals surface area contributed by atoms with Crippen molar-refractivity contribution in [3.05, 3.63) is 53.9 Å². The zero-order valence-electron chi connectivity index (χ0n) is 10.7.